The van der Waals surface area contributed by atoms with Gasteiger partial charge in [0.2, 0.25) is 17.5 Å². The first kappa shape index (κ1) is 27.7. The molecular weight excluding hydrogens is 565 g/mol. The number of pyridine rings is 3. The summed E-state index contributed by atoms with van der Waals surface area (Å²) >= 11 is 0. The lowest BCUT2D eigenvalue weighted by molar-refractivity contribution is -0.107. The van der Waals surface area contributed by atoms with Crippen molar-refractivity contribution >= 4 is 40.5 Å². The van der Waals surface area contributed by atoms with Crippen LogP contribution in [0, 0.1) is 18.3 Å². The van der Waals surface area contributed by atoms with Gasteiger partial charge in [0.25, 0.3) is 0 Å². The van der Waals surface area contributed by atoms with Crippen LogP contribution in [0.25, 0.3) is 38.1 Å². The van der Waals surface area contributed by atoms with Crippen LogP contribution < -0.4 is 15.2 Å². The number of aryl methyl sites for hydroxylation is 1. The summed E-state index contributed by atoms with van der Waals surface area (Å²) in [5.41, 5.74) is 3.96. The van der Waals surface area contributed by atoms with Crippen molar-refractivity contribution < 1.29 is 19.1 Å². The highest BCUT2D eigenvalue weighted by molar-refractivity contribution is 6.03. The number of hydrogen-bond acceptors (Lipinski definition) is 7. The molecule has 2 aliphatic heterocycles. The van der Waals surface area contributed by atoms with Crippen molar-refractivity contribution in [3.63, 3.8) is 0 Å². The lowest BCUT2D eigenvalue weighted by Gasteiger charge is -2.31. The first-order valence-corrected chi connectivity index (χ1v) is 14.2. The van der Waals surface area contributed by atoms with Gasteiger partial charge >= 0.3 is 5.97 Å². The normalized spacial score (nSPS) is 18.7. The van der Waals surface area contributed by atoms with Gasteiger partial charge in [-0.2, -0.15) is 0 Å². The van der Waals surface area contributed by atoms with Crippen molar-refractivity contribution in [2.24, 2.45) is 13.0 Å². The Morgan fingerprint density at radius 1 is 1.20 bits per heavy atom. The monoisotopic (exact) mass is 593 g/mol. The average Bonchev–Trinajstić information content (AvgIpc) is 3.69. The fourth-order valence-electron chi connectivity index (χ4n) is 7.32. The number of anilines is 2. The fraction of sp³-hybridized carbons (Fsp3) is 0.312. The third-order valence-electron chi connectivity index (χ3n) is 9.28. The maximum Gasteiger partial charge on any atom is 0.341 e. The number of hydrogen-bond donors (Lipinski definition) is 1. The van der Waals surface area contributed by atoms with Crippen LogP contribution in [-0.4, -0.2) is 76.7 Å². The van der Waals surface area contributed by atoms with E-state index in [1.54, 1.807) is 32.6 Å². The van der Waals surface area contributed by atoms with Gasteiger partial charge in [-0.05, 0) is 37.1 Å². The van der Waals surface area contributed by atoms with Crippen LogP contribution in [0.2, 0.25) is 0 Å². The Morgan fingerprint density at radius 2 is 2.00 bits per heavy atom. The summed E-state index contributed by atoms with van der Waals surface area (Å²) in [6.07, 6.45) is 6.49. The number of carbonyl (C=O) groups excluding carboxylic acids is 1. The minimum absolute atomic E-state index is 0.127. The maximum atomic E-state index is 15.6. The van der Waals surface area contributed by atoms with Gasteiger partial charge in [-0.25, -0.2) is 19.0 Å². The largest absolute Gasteiger partial charge is 0.477 e. The maximum absolute atomic E-state index is 15.6. The molecule has 0 saturated carbocycles. The summed E-state index contributed by atoms with van der Waals surface area (Å²) < 4.78 is 17.1. The van der Waals surface area contributed by atoms with Crippen molar-refractivity contribution in [3.05, 3.63) is 75.0 Å². The zero-order chi connectivity index (χ0) is 31.0. The zero-order valence-corrected chi connectivity index (χ0v) is 24.3. The molecule has 5 heterocycles. The van der Waals surface area contributed by atoms with Gasteiger partial charge in [0.05, 0.1) is 23.3 Å². The summed E-state index contributed by atoms with van der Waals surface area (Å²) in [6, 6.07) is 3.03. The second kappa shape index (κ2) is 9.96. The Balaban J connectivity index is 1.54. The molecule has 0 bridgehead atoms. The van der Waals surface area contributed by atoms with Crippen LogP contribution in [0.3, 0.4) is 0 Å². The Labute approximate surface area is 251 Å². The standard InChI is InChI=1S/C32H28FN7O4/c1-34-28-22(33)9-24(39(4)15-41)18-8-23-27(26(18)28)29(40-6-5-16-12-37(2)14-25(16)40)20(11-35-23)17-7-19-30(42)21(32(43)44)13-38(3)31(19)36-10-17/h7,9-11,13,15-16,25H,5-6,8,12,14H2,2-4H3,(H,43,44)/t16-,25+/m0/s1. The van der Waals surface area contributed by atoms with Crippen molar-refractivity contribution in [2.75, 3.05) is 43.5 Å². The van der Waals surface area contributed by atoms with Crippen LogP contribution in [0.15, 0.2) is 35.5 Å². The first-order valence-electron chi connectivity index (χ1n) is 14.2. The van der Waals surface area contributed by atoms with E-state index < -0.39 is 17.2 Å². The van der Waals surface area contributed by atoms with Gasteiger partial charge in [-0.15, -0.1) is 0 Å². The second-order valence-corrected chi connectivity index (χ2v) is 11.8. The average molecular weight is 594 g/mol. The van der Waals surface area contributed by atoms with E-state index in [0.717, 1.165) is 31.7 Å². The number of amides is 1. The number of likely N-dealkylation sites (N-methyl/N-ethyl adjacent to an activating group) is 1. The second-order valence-electron chi connectivity index (χ2n) is 11.8. The van der Waals surface area contributed by atoms with E-state index in [4.69, 9.17) is 11.6 Å². The van der Waals surface area contributed by atoms with E-state index in [1.165, 1.54) is 21.7 Å². The van der Waals surface area contributed by atoms with Crippen LogP contribution in [-0.2, 0) is 18.3 Å². The molecule has 0 unspecified atom stereocenters. The number of aromatic carboxylic acids is 1. The molecule has 2 saturated heterocycles. The molecule has 1 aliphatic carbocycles. The predicted molar refractivity (Wildman–Crippen MR) is 163 cm³/mol. The van der Waals surface area contributed by atoms with Crippen molar-refractivity contribution in [1.82, 2.24) is 19.4 Å². The molecule has 1 amide bonds. The van der Waals surface area contributed by atoms with Crippen LogP contribution >= 0.6 is 0 Å². The van der Waals surface area contributed by atoms with Crippen LogP contribution in [0.4, 0.5) is 21.5 Å². The van der Waals surface area contributed by atoms with Gasteiger partial charge in [0, 0.05) is 92.7 Å². The minimum atomic E-state index is -1.33. The molecule has 0 spiro atoms. The van der Waals surface area contributed by atoms with E-state index in [9.17, 15) is 19.5 Å². The highest BCUT2D eigenvalue weighted by atomic mass is 19.1. The highest BCUT2D eigenvalue weighted by Gasteiger charge is 2.43. The van der Waals surface area contributed by atoms with E-state index >= 15 is 4.39 Å². The zero-order valence-electron chi connectivity index (χ0n) is 24.3. The van der Waals surface area contributed by atoms with Crippen molar-refractivity contribution in [2.45, 2.75) is 18.9 Å². The molecular formula is C32H28FN7O4. The van der Waals surface area contributed by atoms with E-state index in [1.807, 2.05) is 0 Å². The number of fused-ring (bicyclic) bond motifs is 5. The van der Waals surface area contributed by atoms with E-state index in [0.29, 0.717) is 63.6 Å². The van der Waals surface area contributed by atoms with E-state index in [2.05, 4.69) is 26.7 Å². The number of carboxylic acids is 1. The van der Waals surface area contributed by atoms with E-state index in [-0.39, 0.29) is 22.7 Å². The number of rotatable bonds is 5. The van der Waals surface area contributed by atoms with Crippen LogP contribution in [0.5, 0.6) is 0 Å². The molecule has 2 fully saturated rings. The molecule has 1 aromatic carbocycles. The molecule has 7 rings (SSSR count). The van der Waals surface area contributed by atoms with Gasteiger partial charge in [0.15, 0.2) is 0 Å². The predicted octanol–water partition coefficient (Wildman–Crippen LogP) is 3.69. The quantitative estimate of drug-likeness (QED) is 0.242. The molecule has 3 aliphatic rings. The minimum Gasteiger partial charge on any atom is -0.477 e. The lowest BCUT2D eigenvalue weighted by atomic mass is 9.95. The highest BCUT2D eigenvalue weighted by Crippen LogP contribution is 2.54. The van der Waals surface area contributed by atoms with Gasteiger partial charge in [-0.3, -0.25) is 14.6 Å². The third-order valence-corrected chi connectivity index (χ3v) is 9.28. The molecule has 12 heteroatoms. The number of nitrogens with zero attached hydrogens (tertiary/aromatic N) is 7. The smallest absolute Gasteiger partial charge is 0.341 e. The molecule has 44 heavy (non-hydrogen) atoms. The molecule has 2 atom stereocenters. The fourth-order valence-corrected chi connectivity index (χ4v) is 7.32. The lowest BCUT2D eigenvalue weighted by Crippen LogP contribution is -2.35. The molecule has 11 nitrogen and oxygen atoms in total. The van der Waals surface area contributed by atoms with Crippen molar-refractivity contribution in [1.29, 1.82) is 0 Å². The SMILES string of the molecule is [C-]#[N+]c1c(F)cc(N(C)C=O)c2c1-c1c(ncc(-c3cnc4c(c3)c(=O)c(C(=O)O)cn4C)c1N1CC[C@H]3CN(C)C[C@H]31)C2. The number of benzene rings is 1. The summed E-state index contributed by atoms with van der Waals surface area (Å²) in [5, 5.41) is 9.80. The number of carbonyl (C=O) groups is 2. The molecule has 222 valence electrons. The Morgan fingerprint density at radius 3 is 2.73 bits per heavy atom. The molecule has 0 radical (unpaired) electrons. The van der Waals surface area contributed by atoms with Crippen molar-refractivity contribution in [3.8, 4) is 22.3 Å². The summed E-state index contributed by atoms with van der Waals surface area (Å²) in [7, 11) is 5.27. The molecule has 4 aromatic rings. The summed E-state index contributed by atoms with van der Waals surface area (Å²) in [4.78, 5) is 55.8. The molecule has 3 aromatic heterocycles. The number of halogens is 1. The topological polar surface area (TPSA) is 116 Å². The Hall–Kier alpha value is -5.15. The number of aromatic nitrogens is 3. The van der Waals surface area contributed by atoms with Gasteiger partial charge in [0.1, 0.15) is 17.0 Å². The third kappa shape index (κ3) is 3.92. The Bertz CT molecular complexity index is 2030. The number of likely N-dealkylation sites (tertiary alicyclic amines) is 1. The number of carboxylic acid groups (broad SMARTS) is 1. The summed E-state index contributed by atoms with van der Waals surface area (Å²) in [5.74, 6) is -1.63. The molecule has 1 N–H and O–H groups in total. The first-order chi connectivity index (χ1) is 21.1. The van der Waals surface area contributed by atoms with Gasteiger partial charge in [-0.1, -0.05) is 0 Å². The Kier molecular flexibility index (Phi) is 6.26. The van der Waals surface area contributed by atoms with Gasteiger partial charge < -0.3 is 24.4 Å². The summed E-state index contributed by atoms with van der Waals surface area (Å²) in [6.45, 7) is 10.4. The van der Waals surface area contributed by atoms with Crippen LogP contribution in [0.1, 0.15) is 28.0 Å².